The molecular weight excluding hydrogens is 395 g/mol. The maximum absolute atomic E-state index is 12.7. The summed E-state index contributed by atoms with van der Waals surface area (Å²) < 4.78 is 5.32. The molecule has 1 aliphatic rings. The van der Waals surface area contributed by atoms with Crippen molar-refractivity contribution in [3.63, 3.8) is 0 Å². The van der Waals surface area contributed by atoms with Gasteiger partial charge in [0.1, 0.15) is 5.75 Å². The normalized spacial score (nSPS) is 16.9. The molecule has 2 aromatic carbocycles. The van der Waals surface area contributed by atoms with Crippen LogP contribution >= 0.6 is 24.0 Å². The number of halogens is 2. The van der Waals surface area contributed by atoms with Crippen molar-refractivity contribution in [3.8, 4) is 5.75 Å². The van der Waals surface area contributed by atoms with Crippen molar-refractivity contribution >= 4 is 29.9 Å². The number of rotatable bonds is 7. The van der Waals surface area contributed by atoms with Gasteiger partial charge in [-0.1, -0.05) is 35.9 Å². The first-order valence-electron chi connectivity index (χ1n) is 9.47. The third kappa shape index (κ3) is 5.63. The number of aryl methyl sites for hydroxylation is 1. The van der Waals surface area contributed by atoms with Gasteiger partial charge in [0.15, 0.2) is 0 Å². The van der Waals surface area contributed by atoms with Gasteiger partial charge in [-0.25, -0.2) is 0 Å². The van der Waals surface area contributed by atoms with E-state index >= 15 is 0 Å². The molecule has 0 spiro atoms. The Kier molecular flexibility index (Phi) is 8.61. The number of ether oxygens (including phenoxy) is 1. The Labute approximate surface area is 178 Å². The number of hydrogen-bond donors (Lipinski definition) is 2. The van der Waals surface area contributed by atoms with Crippen LogP contribution < -0.4 is 15.4 Å². The molecule has 1 amide bonds. The van der Waals surface area contributed by atoms with Gasteiger partial charge in [-0.3, -0.25) is 4.79 Å². The summed E-state index contributed by atoms with van der Waals surface area (Å²) in [7, 11) is 1.65. The molecular formula is C22H28Cl2N2O2. The largest absolute Gasteiger partial charge is 0.497 e. The number of carbonyl (C=O) groups excluding carboxylic acids is 1. The Morgan fingerprint density at radius 1 is 1.29 bits per heavy atom. The number of benzene rings is 2. The minimum atomic E-state index is -0.279. The molecule has 0 saturated carbocycles. The summed E-state index contributed by atoms with van der Waals surface area (Å²) in [5, 5.41) is 7.21. The molecule has 2 atom stereocenters. The molecule has 3 rings (SSSR count). The van der Waals surface area contributed by atoms with Gasteiger partial charge < -0.3 is 15.4 Å². The fourth-order valence-corrected chi connectivity index (χ4v) is 3.91. The summed E-state index contributed by atoms with van der Waals surface area (Å²) in [6, 6.07) is 13.3. The zero-order chi connectivity index (χ0) is 19.2. The van der Waals surface area contributed by atoms with Crippen LogP contribution in [-0.2, 0) is 4.79 Å². The fourth-order valence-electron chi connectivity index (χ4n) is 3.66. The third-order valence-electron chi connectivity index (χ3n) is 5.25. The van der Waals surface area contributed by atoms with Crippen LogP contribution in [0.5, 0.6) is 5.75 Å². The number of amides is 1. The lowest BCUT2D eigenvalue weighted by Gasteiger charge is -2.23. The predicted molar refractivity (Wildman–Crippen MR) is 117 cm³/mol. The topological polar surface area (TPSA) is 50.4 Å². The van der Waals surface area contributed by atoms with Crippen molar-refractivity contribution in [1.82, 2.24) is 10.6 Å². The van der Waals surface area contributed by atoms with Crippen molar-refractivity contribution in [2.75, 3.05) is 20.2 Å². The number of nitrogens with one attached hydrogen (secondary N) is 2. The number of carbonyl (C=O) groups is 1. The van der Waals surface area contributed by atoms with Crippen LogP contribution in [0.15, 0.2) is 42.5 Å². The Bertz CT molecular complexity index is 792. The average molecular weight is 423 g/mol. The Morgan fingerprint density at radius 2 is 2.07 bits per heavy atom. The summed E-state index contributed by atoms with van der Waals surface area (Å²) in [4.78, 5) is 12.7. The minimum absolute atomic E-state index is 0. The van der Waals surface area contributed by atoms with Crippen molar-refractivity contribution in [1.29, 1.82) is 0 Å². The van der Waals surface area contributed by atoms with E-state index in [1.807, 2.05) is 49.4 Å². The van der Waals surface area contributed by atoms with Crippen molar-refractivity contribution in [3.05, 3.63) is 64.2 Å². The van der Waals surface area contributed by atoms with Crippen molar-refractivity contribution < 1.29 is 9.53 Å². The van der Waals surface area contributed by atoms with E-state index in [-0.39, 0.29) is 24.4 Å². The first-order valence-corrected chi connectivity index (χ1v) is 9.85. The van der Waals surface area contributed by atoms with Crippen LogP contribution in [0, 0.1) is 12.8 Å². The summed E-state index contributed by atoms with van der Waals surface area (Å²) in [6.07, 6.45) is 2.59. The zero-order valence-corrected chi connectivity index (χ0v) is 17.9. The van der Waals surface area contributed by atoms with Crippen LogP contribution in [0.4, 0.5) is 0 Å². The first-order chi connectivity index (χ1) is 13.1. The molecule has 152 valence electrons. The quantitative estimate of drug-likeness (QED) is 0.680. The van der Waals surface area contributed by atoms with Gasteiger partial charge in [0.05, 0.1) is 13.2 Å². The monoisotopic (exact) mass is 422 g/mol. The molecule has 0 radical (unpaired) electrons. The second-order valence-corrected chi connectivity index (χ2v) is 7.55. The highest BCUT2D eigenvalue weighted by Gasteiger charge is 2.22. The number of hydrogen-bond acceptors (Lipinski definition) is 3. The maximum Gasteiger partial charge on any atom is 0.220 e. The van der Waals surface area contributed by atoms with E-state index in [1.165, 1.54) is 0 Å². The lowest BCUT2D eigenvalue weighted by molar-refractivity contribution is -0.121. The van der Waals surface area contributed by atoms with Gasteiger partial charge in [0.25, 0.3) is 0 Å². The fraction of sp³-hybridized carbons (Fsp3) is 0.409. The molecule has 0 aliphatic carbocycles. The molecule has 28 heavy (non-hydrogen) atoms. The maximum atomic E-state index is 12.7. The standard InChI is InChI=1S/C22H27ClN2O2.ClH/c1-15-13-17(27-2)8-9-18(15)22(19-5-3-4-6-20(19)23)25-21(26)10-7-16-11-12-24-14-16;/h3-6,8-9,13,16,22,24H,7,10-12,14H2,1-2H3,(H,25,26);1H. The van der Waals surface area contributed by atoms with Gasteiger partial charge in [0.2, 0.25) is 5.91 Å². The van der Waals surface area contributed by atoms with E-state index in [4.69, 9.17) is 16.3 Å². The zero-order valence-electron chi connectivity index (χ0n) is 16.3. The van der Waals surface area contributed by atoms with Crippen LogP contribution in [0.25, 0.3) is 0 Å². The third-order valence-corrected chi connectivity index (χ3v) is 5.60. The van der Waals surface area contributed by atoms with E-state index in [1.54, 1.807) is 7.11 Å². The Hall–Kier alpha value is -1.75. The average Bonchev–Trinajstić information content (AvgIpc) is 3.19. The molecule has 2 unspecified atom stereocenters. The smallest absolute Gasteiger partial charge is 0.220 e. The van der Waals surface area contributed by atoms with Crippen LogP contribution in [0.2, 0.25) is 5.02 Å². The van der Waals surface area contributed by atoms with Gasteiger partial charge in [-0.15, -0.1) is 12.4 Å². The summed E-state index contributed by atoms with van der Waals surface area (Å²) >= 11 is 6.46. The highest BCUT2D eigenvalue weighted by Crippen LogP contribution is 2.32. The van der Waals surface area contributed by atoms with E-state index in [9.17, 15) is 4.79 Å². The minimum Gasteiger partial charge on any atom is -0.497 e. The van der Waals surface area contributed by atoms with Gasteiger partial charge in [0, 0.05) is 11.4 Å². The lowest BCUT2D eigenvalue weighted by Crippen LogP contribution is -2.30. The molecule has 4 nitrogen and oxygen atoms in total. The summed E-state index contributed by atoms with van der Waals surface area (Å²) in [5.74, 6) is 1.45. The molecule has 6 heteroatoms. The Balaban J connectivity index is 0.00000280. The van der Waals surface area contributed by atoms with Crippen LogP contribution in [-0.4, -0.2) is 26.1 Å². The second kappa shape index (κ2) is 10.7. The van der Waals surface area contributed by atoms with E-state index < -0.39 is 0 Å². The Morgan fingerprint density at radius 3 is 2.71 bits per heavy atom. The van der Waals surface area contributed by atoms with E-state index in [2.05, 4.69) is 10.6 Å². The summed E-state index contributed by atoms with van der Waals surface area (Å²) in [6.45, 7) is 4.09. The molecule has 0 bridgehead atoms. The van der Waals surface area contributed by atoms with Gasteiger partial charge in [-0.2, -0.15) is 0 Å². The van der Waals surface area contributed by atoms with Crippen molar-refractivity contribution in [2.24, 2.45) is 5.92 Å². The van der Waals surface area contributed by atoms with E-state index in [0.717, 1.165) is 48.4 Å². The van der Waals surface area contributed by atoms with Gasteiger partial charge in [-0.05, 0) is 73.7 Å². The molecule has 1 aliphatic heterocycles. The second-order valence-electron chi connectivity index (χ2n) is 7.14. The van der Waals surface area contributed by atoms with E-state index in [0.29, 0.717) is 17.4 Å². The summed E-state index contributed by atoms with van der Waals surface area (Å²) in [5.41, 5.74) is 2.99. The number of methoxy groups -OCH3 is 1. The molecule has 1 fully saturated rings. The van der Waals surface area contributed by atoms with Crippen LogP contribution in [0.3, 0.4) is 0 Å². The molecule has 2 N–H and O–H groups in total. The highest BCUT2D eigenvalue weighted by molar-refractivity contribution is 6.31. The van der Waals surface area contributed by atoms with Gasteiger partial charge >= 0.3 is 0 Å². The SMILES string of the molecule is COc1ccc(C(NC(=O)CCC2CCNC2)c2ccccc2Cl)c(C)c1.Cl. The highest BCUT2D eigenvalue weighted by atomic mass is 35.5. The molecule has 0 aromatic heterocycles. The van der Waals surface area contributed by atoms with Crippen molar-refractivity contribution in [2.45, 2.75) is 32.2 Å². The molecule has 2 aromatic rings. The van der Waals surface area contributed by atoms with Crippen LogP contribution in [0.1, 0.15) is 42.0 Å². The lowest BCUT2D eigenvalue weighted by atomic mass is 9.94. The first kappa shape index (κ1) is 22.5. The molecule has 1 saturated heterocycles. The molecule has 1 heterocycles. The predicted octanol–water partition coefficient (Wildman–Crippen LogP) is 4.67.